The SMILES string of the molecule is CCOC[C@H](Cc1ccc(OCCN=[N+]=[N-])cc1)n1cnc2c(N)nc3ccccc3c21.Cl. The van der Waals surface area contributed by atoms with Crippen LogP contribution in [0.2, 0.25) is 0 Å². The molecule has 1 atom stereocenters. The molecule has 4 rings (SSSR count). The van der Waals surface area contributed by atoms with Crippen LogP contribution in [0.25, 0.3) is 32.4 Å². The number of rotatable bonds is 10. The summed E-state index contributed by atoms with van der Waals surface area (Å²) in [5, 5.41) is 4.49. The average molecular weight is 468 g/mol. The van der Waals surface area contributed by atoms with E-state index < -0.39 is 0 Å². The standard InChI is InChI=1S/C23H25N7O2.ClH/c1-2-31-14-17(13-16-7-9-18(10-8-16)32-12-11-27-29-25)30-15-26-21-22(30)19-5-3-4-6-20(19)28-23(21)24;/h3-10,15,17H,2,11-14H2,1H3,(H2,24,28);1H/t17-;/m0./s1. The molecule has 33 heavy (non-hydrogen) atoms. The maximum atomic E-state index is 8.34. The van der Waals surface area contributed by atoms with Crippen LogP contribution in [0.3, 0.4) is 0 Å². The Morgan fingerprint density at radius 3 is 2.73 bits per heavy atom. The molecule has 4 aromatic rings. The van der Waals surface area contributed by atoms with E-state index in [2.05, 4.69) is 24.6 Å². The van der Waals surface area contributed by atoms with E-state index >= 15 is 0 Å². The lowest BCUT2D eigenvalue weighted by molar-refractivity contribution is 0.114. The van der Waals surface area contributed by atoms with Crippen LogP contribution in [0.5, 0.6) is 5.75 Å². The van der Waals surface area contributed by atoms with E-state index in [-0.39, 0.29) is 18.4 Å². The predicted molar refractivity (Wildman–Crippen MR) is 132 cm³/mol. The number of para-hydroxylation sites is 1. The number of ether oxygens (including phenoxy) is 2. The molecule has 172 valence electrons. The molecule has 0 saturated heterocycles. The van der Waals surface area contributed by atoms with Gasteiger partial charge in [0, 0.05) is 16.9 Å². The van der Waals surface area contributed by atoms with Crippen molar-refractivity contribution in [3.63, 3.8) is 0 Å². The van der Waals surface area contributed by atoms with Crippen LogP contribution >= 0.6 is 12.4 Å². The highest BCUT2D eigenvalue weighted by atomic mass is 35.5. The van der Waals surface area contributed by atoms with E-state index in [0.717, 1.165) is 34.2 Å². The van der Waals surface area contributed by atoms with E-state index in [1.54, 1.807) is 0 Å². The van der Waals surface area contributed by atoms with Crippen molar-refractivity contribution in [1.82, 2.24) is 14.5 Å². The van der Waals surface area contributed by atoms with Crippen molar-refractivity contribution in [2.75, 3.05) is 32.1 Å². The van der Waals surface area contributed by atoms with Gasteiger partial charge in [0.25, 0.3) is 0 Å². The first kappa shape index (κ1) is 24.1. The number of benzene rings is 2. The number of aromatic nitrogens is 3. The van der Waals surface area contributed by atoms with Gasteiger partial charge in [-0.3, -0.25) is 0 Å². The molecule has 0 spiro atoms. The molecule has 10 heteroatoms. The lowest BCUT2D eigenvalue weighted by atomic mass is 10.1. The Kier molecular flexibility index (Phi) is 8.32. The van der Waals surface area contributed by atoms with Gasteiger partial charge in [0.1, 0.15) is 11.3 Å². The van der Waals surface area contributed by atoms with Crippen LogP contribution in [-0.2, 0) is 11.2 Å². The number of nitrogen functional groups attached to an aromatic ring is 1. The highest BCUT2D eigenvalue weighted by Gasteiger charge is 2.19. The number of hydrogen-bond donors (Lipinski definition) is 1. The number of hydrogen-bond acceptors (Lipinski definition) is 6. The van der Waals surface area contributed by atoms with Crippen LogP contribution in [0.15, 0.2) is 60.0 Å². The molecule has 0 radical (unpaired) electrons. The first-order chi connectivity index (χ1) is 15.7. The maximum Gasteiger partial charge on any atom is 0.152 e. The normalized spacial score (nSPS) is 11.7. The van der Waals surface area contributed by atoms with Crippen molar-refractivity contribution in [1.29, 1.82) is 0 Å². The number of imidazole rings is 1. The van der Waals surface area contributed by atoms with E-state index in [4.69, 9.17) is 20.7 Å². The van der Waals surface area contributed by atoms with Crippen molar-refractivity contribution < 1.29 is 9.47 Å². The second-order valence-corrected chi connectivity index (χ2v) is 7.33. The fourth-order valence-corrected chi connectivity index (χ4v) is 3.78. The fraction of sp³-hybridized carbons (Fsp3) is 0.304. The zero-order valence-corrected chi connectivity index (χ0v) is 19.1. The summed E-state index contributed by atoms with van der Waals surface area (Å²) in [6.07, 6.45) is 2.58. The number of halogens is 1. The molecule has 0 aliphatic rings. The summed E-state index contributed by atoms with van der Waals surface area (Å²) < 4.78 is 13.6. The van der Waals surface area contributed by atoms with Crippen molar-refractivity contribution in [3.05, 3.63) is 70.9 Å². The molecule has 2 N–H and O–H groups in total. The minimum atomic E-state index is 0. The van der Waals surface area contributed by atoms with Gasteiger partial charge in [0.05, 0.1) is 43.2 Å². The zero-order chi connectivity index (χ0) is 22.3. The Balaban J connectivity index is 0.00000306. The van der Waals surface area contributed by atoms with Crippen LogP contribution in [-0.4, -0.2) is 40.9 Å². The Morgan fingerprint density at radius 2 is 1.97 bits per heavy atom. The third-order valence-electron chi connectivity index (χ3n) is 5.26. The molecular weight excluding hydrogens is 442 g/mol. The molecule has 0 fully saturated rings. The molecule has 2 aromatic heterocycles. The number of pyridine rings is 1. The van der Waals surface area contributed by atoms with Crippen molar-refractivity contribution in [2.45, 2.75) is 19.4 Å². The van der Waals surface area contributed by atoms with Gasteiger partial charge in [-0.1, -0.05) is 35.4 Å². The summed E-state index contributed by atoms with van der Waals surface area (Å²) in [4.78, 5) is 11.8. The van der Waals surface area contributed by atoms with Gasteiger partial charge in [0.15, 0.2) is 5.82 Å². The van der Waals surface area contributed by atoms with Gasteiger partial charge in [-0.15, -0.1) is 12.4 Å². The number of azide groups is 1. The van der Waals surface area contributed by atoms with Gasteiger partial charge >= 0.3 is 0 Å². The third-order valence-corrected chi connectivity index (χ3v) is 5.26. The largest absolute Gasteiger partial charge is 0.493 e. The lowest BCUT2D eigenvalue weighted by Crippen LogP contribution is -2.18. The molecule has 2 heterocycles. The Hall–Kier alpha value is -3.52. The predicted octanol–water partition coefficient (Wildman–Crippen LogP) is 5.10. The van der Waals surface area contributed by atoms with Crippen molar-refractivity contribution >= 4 is 40.2 Å². The summed E-state index contributed by atoms with van der Waals surface area (Å²) in [5.74, 6) is 1.16. The minimum Gasteiger partial charge on any atom is -0.493 e. The molecule has 0 saturated carbocycles. The smallest absolute Gasteiger partial charge is 0.152 e. The molecule has 0 unspecified atom stereocenters. The molecule has 0 aliphatic heterocycles. The lowest BCUT2D eigenvalue weighted by Gasteiger charge is -2.20. The molecule has 2 aromatic carbocycles. The van der Waals surface area contributed by atoms with E-state index in [1.165, 1.54) is 0 Å². The summed E-state index contributed by atoms with van der Waals surface area (Å²) in [5.41, 5.74) is 18.2. The van der Waals surface area contributed by atoms with E-state index in [1.807, 2.05) is 61.8 Å². The van der Waals surface area contributed by atoms with Crippen molar-refractivity contribution in [2.24, 2.45) is 5.11 Å². The molecule has 0 amide bonds. The number of fused-ring (bicyclic) bond motifs is 3. The molecule has 0 bridgehead atoms. The summed E-state index contributed by atoms with van der Waals surface area (Å²) in [6, 6.07) is 15.9. The number of anilines is 1. The van der Waals surface area contributed by atoms with Crippen LogP contribution < -0.4 is 10.5 Å². The second kappa shape index (κ2) is 11.4. The highest BCUT2D eigenvalue weighted by molar-refractivity contribution is 6.06. The monoisotopic (exact) mass is 467 g/mol. The zero-order valence-electron chi connectivity index (χ0n) is 18.3. The van der Waals surface area contributed by atoms with Gasteiger partial charge < -0.3 is 19.8 Å². The van der Waals surface area contributed by atoms with Gasteiger partial charge in [0.2, 0.25) is 0 Å². The van der Waals surface area contributed by atoms with Gasteiger partial charge in [-0.05, 0) is 42.6 Å². The van der Waals surface area contributed by atoms with Crippen LogP contribution in [0.4, 0.5) is 5.82 Å². The average Bonchev–Trinajstić information content (AvgIpc) is 3.27. The third kappa shape index (κ3) is 5.46. The Morgan fingerprint density at radius 1 is 1.18 bits per heavy atom. The summed E-state index contributed by atoms with van der Waals surface area (Å²) in [7, 11) is 0. The van der Waals surface area contributed by atoms with E-state index in [9.17, 15) is 0 Å². The molecular formula is C23H26ClN7O2. The van der Waals surface area contributed by atoms with Gasteiger partial charge in [-0.2, -0.15) is 0 Å². The first-order valence-electron chi connectivity index (χ1n) is 10.5. The molecule has 9 nitrogen and oxygen atoms in total. The van der Waals surface area contributed by atoms with Crippen LogP contribution in [0, 0.1) is 0 Å². The number of nitrogens with two attached hydrogens (primary N) is 1. The quantitative estimate of drug-likeness (QED) is 0.150. The fourth-order valence-electron chi connectivity index (χ4n) is 3.78. The first-order valence-corrected chi connectivity index (χ1v) is 10.5. The Bertz CT molecular complexity index is 1250. The van der Waals surface area contributed by atoms with Gasteiger partial charge in [-0.25, -0.2) is 9.97 Å². The topological polar surface area (TPSA) is 124 Å². The van der Waals surface area contributed by atoms with E-state index in [0.29, 0.717) is 37.7 Å². The minimum absolute atomic E-state index is 0. The summed E-state index contributed by atoms with van der Waals surface area (Å²) >= 11 is 0. The van der Waals surface area contributed by atoms with Crippen LogP contribution in [0.1, 0.15) is 18.5 Å². The Labute approximate surface area is 197 Å². The second-order valence-electron chi connectivity index (χ2n) is 7.33. The number of nitrogens with zero attached hydrogens (tertiary/aromatic N) is 6. The van der Waals surface area contributed by atoms with Crippen molar-refractivity contribution in [3.8, 4) is 5.75 Å². The maximum absolute atomic E-state index is 8.34. The molecule has 0 aliphatic carbocycles. The highest BCUT2D eigenvalue weighted by Crippen LogP contribution is 2.30. The summed E-state index contributed by atoms with van der Waals surface area (Å²) in [6.45, 7) is 3.81.